The summed E-state index contributed by atoms with van der Waals surface area (Å²) < 4.78 is 23.7. The molecule has 1 aromatic carbocycles. The lowest BCUT2D eigenvalue weighted by atomic mass is 10.1. The van der Waals surface area contributed by atoms with Gasteiger partial charge in [-0.3, -0.25) is 4.79 Å². The number of hydrogen-bond donors (Lipinski definition) is 0. The van der Waals surface area contributed by atoms with E-state index >= 15 is 0 Å². The molecule has 0 aromatic heterocycles. The molecular weight excluding hydrogens is 262 g/mol. The summed E-state index contributed by atoms with van der Waals surface area (Å²) in [5, 5.41) is 8.65. The van der Waals surface area contributed by atoms with E-state index in [2.05, 4.69) is 0 Å². The first-order chi connectivity index (χ1) is 8.88. The molecule has 0 bridgehead atoms. The number of carbonyl (C=O) groups excluding carboxylic acids is 1. The van der Waals surface area contributed by atoms with Gasteiger partial charge in [0.25, 0.3) is 0 Å². The minimum Gasteiger partial charge on any atom is -0.293 e. The Balaban J connectivity index is 2.76. The lowest BCUT2D eigenvalue weighted by molar-refractivity contribution is 0.102. The van der Waals surface area contributed by atoms with Gasteiger partial charge in [-0.15, -0.1) is 0 Å². The van der Waals surface area contributed by atoms with Gasteiger partial charge < -0.3 is 0 Å². The maximum Gasteiger partial charge on any atom is 0.177 e. The average Bonchev–Trinajstić information content (AvgIpc) is 2.37. The SMILES string of the molecule is CCC(C)CS(=O)(=O)CC(=O)c1ccc(C#N)cc1. The van der Waals surface area contributed by atoms with Crippen molar-refractivity contribution >= 4 is 15.6 Å². The van der Waals surface area contributed by atoms with E-state index in [0.29, 0.717) is 11.1 Å². The molecular formula is C14H17NO3S. The third kappa shape index (κ3) is 4.84. The fourth-order valence-electron chi connectivity index (χ4n) is 1.62. The number of Topliss-reactive ketones (excluding diaryl/α,β-unsaturated/α-hetero) is 1. The van der Waals surface area contributed by atoms with E-state index in [1.54, 1.807) is 0 Å². The zero-order chi connectivity index (χ0) is 14.5. The summed E-state index contributed by atoms with van der Waals surface area (Å²) in [6.45, 7) is 3.77. The molecule has 0 spiro atoms. The van der Waals surface area contributed by atoms with Crippen LogP contribution in [-0.4, -0.2) is 25.7 Å². The van der Waals surface area contributed by atoms with Crippen LogP contribution in [0.1, 0.15) is 36.2 Å². The standard InChI is InChI=1S/C14H17NO3S/c1-3-11(2)9-19(17,18)10-14(16)13-6-4-12(8-15)5-7-13/h4-7,11H,3,9-10H2,1-2H3. The molecule has 0 aliphatic heterocycles. The Hall–Kier alpha value is -1.67. The summed E-state index contributed by atoms with van der Waals surface area (Å²) in [5.74, 6) is -0.805. The minimum absolute atomic E-state index is 0.0333. The van der Waals surface area contributed by atoms with Gasteiger partial charge in [-0.1, -0.05) is 32.4 Å². The van der Waals surface area contributed by atoms with Gasteiger partial charge in [0, 0.05) is 5.56 Å². The van der Waals surface area contributed by atoms with Crippen LogP contribution in [-0.2, 0) is 9.84 Å². The maximum absolute atomic E-state index is 11.9. The first-order valence-electron chi connectivity index (χ1n) is 6.11. The van der Waals surface area contributed by atoms with Crippen LogP contribution in [0.2, 0.25) is 0 Å². The Morgan fingerprint density at radius 3 is 2.37 bits per heavy atom. The van der Waals surface area contributed by atoms with Crippen LogP contribution in [0.5, 0.6) is 0 Å². The van der Waals surface area contributed by atoms with Crippen molar-refractivity contribution in [2.24, 2.45) is 5.92 Å². The van der Waals surface area contributed by atoms with E-state index in [1.807, 2.05) is 19.9 Å². The molecule has 0 aliphatic carbocycles. The number of rotatable bonds is 6. The van der Waals surface area contributed by atoms with Crippen molar-refractivity contribution in [1.82, 2.24) is 0 Å². The minimum atomic E-state index is -3.37. The van der Waals surface area contributed by atoms with Gasteiger partial charge in [-0.25, -0.2) is 8.42 Å². The van der Waals surface area contributed by atoms with Crippen molar-refractivity contribution < 1.29 is 13.2 Å². The summed E-state index contributed by atoms with van der Waals surface area (Å²) in [7, 11) is -3.37. The fraction of sp³-hybridized carbons (Fsp3) is 0.429. The molecule has 4 nitrogen and oxygen atoms in total. The molecule has 19 heavy (non-hydrogen) atoms. The topological polar surface area (TPSA) is 75.0 Å². The molecule has 0 radical (unpaired) electrons. The van der Waals surface area contributed by atoms with Crippen LogP contribution in [0, 0.1) is 17.2 Å². The second-order valence-corrected chi connectivity index (χ2v) is 6.79. The van der Waals surface area contributed by atoms with E-state index in [1.165, 1.54) is 24.3 Å². The van der Waals surface area contributed by atoms with Gasteiger partial charge in [0.15, 0.2) is 15.6 Å². The van der Waals surface area contributed by atoms with Gasteiger partial charge >= 0.3 is 0 Å². The first kappa shape index (κ1) is 15.4. The average molecular weight is 279 g/mol. The van der Waals surface area contributed by atoms with E-state index in [0.717, 1.165) is 6.42 Å². The molecule has 0 saturated carbocycles. The van der Waals surface area contributed by atoms with Gasteiger partial charge in [0.05, 0.1) is 17.4 Å². The third-order valence-electron chi connectivity index (χ3n) is 2.92. The molecule has 0 fully saturated rings. The van der Waals surface area contributed by atoms with Gasteiger partial charge in [-0.2, -0.15) is 5.26 Å². The summed E-state index contributed by atoms with van der Waals surface area (Å²) in [5.41, 5.74) is 0.769. The van der Waals surface area contributed by atoms with Crippen LogP contribution in [0.3, 0.4) is 0 Å². The number of sulfone groups is 1. The monoisotopic (exact) mass is 279 g/mol. The molecule has 5 heteroatoms. The third-order valence-corrected chi connectivity index (χ3v) is 4.70. The Labute approximate surface area is 114 Å². The summed E-state index contributed by atoms with van der Waals surface area (Å²) in [6, 6.07) is 7.93. The van der Waals surface area contributed by atoms with Crippen molar-refractivity contribution in [2.45, 2.75) is 20.3 Å². The molecule has 102 valence electrons. The predicted octanol–water partition coefficient (Wildman–Crippen LogP) is 2.20. The second kappa shape index (κ2) is 6.48. The van der Waals surface area contributed by atoms with Crippen LogP contribution in [0.4, 0.5) is 0 Å². The van der Waals surface area contributed by atoms with Crippen molar-refractivity contribution in [3.05, 3.63) is 35.4 Å². The van der Waals surface area contributed by atoms with E-state index in [-0.39, 0.29) is 11.7 Å². The Morgan fingerprint density at radius 1 is 1.32 bits per heavy atom. The van der Waals surface area contributed by atoms with Crippen molar-refractivity contribution in [3.8, 4) is 6.07 Å². The highest BCUT2D eigenvalue weighted by Gasteiger charge is 2.20. The Kier molecular flexibility index (Phi) is 5.25. The summed E-state index contributed by atoms with van der Waals surface area (Å²) in [4.78, 5) is 11.9. The normalized spacial score (nSPS) is 12.7. The summed E-state index contributed by atoms with van der Waals surface area (Å²) >= 11 is 0. The van der Waals surface area contributed by atoms with Gasteiger partial charge in [0.2, 0.25) is 0 Å². The van der Waals surface area contributed by atoms with E-state index < -0.39 is 21.4 Å². The molecule has 0 heterocycles. The second-order valence-electron chi connectivity index (χ2n) is 4.68. The highest BCUT2D eigenvalue weighted by Crippen LogP contribution is 2.10. The molecule has 0 saturated heterocycles. The number of nitriles is 1. The quantitative estimate of drug-likeness (QED) is 0.748. The lowest BCUT2D eigenvalue weighted by Crippen LogP contribution is -2.22. The molecule has 1 atom stereocenters. The Bertz CT molecular complexity index is 582. The van der Waals surface area contributed by atoms with Crippen molar-refractivity contribution in [3.63, 3.8) is 0 Å². The summed E-state index contributed by atoms with van der Waals surface area (Å²) in [6.07, 6.45) is 0.768. The molecule has 1 unspecified atom stereocenters. The molecule has 0 aliphatic rings. The van der Waals surface area contributed by atoms with E-state index in [9.17, 15) is 13.2 Å². The predicted molar refractivity (Wildman–Crippen MR) is 73.6 cm³/mol. The van der Waals surface area contributed by atoms with Crippen LogP contribution < -0.4 is 0 Å². The number of ketones is 1. The largest absolute Gasteiger partial charge is 0.293 e. The van der Waals surface area contributed by atoms with Gasteiger partial charge in [0.1, 0.15) is 5.75 Å². The smallest absolute Gasteiger partial charge is 0.177 e. The highest BCUT2D eigenvalue weighted by atomic mass is 32.2. The van der Waals surface area contributed by atoms with E-state index in [4.69, 9.17) is 5.26 Å². The van der Waals surface area contributed by atoms with Crippen LogP contribution >= 0.6 is 0 Å². The fourth-order valence-corrected chi connectivity index (χ4v) is 3.41. The molecule has 1 aromatic rings. The molecule has 0 N–H and O–H groups in total. The van der Waals surface area contributed by atoms with Crippen LogP contribution in [0.25, 0.3) is 0 Å². The number of hydrogen-bond acceptors (Lipinski definition) is 4. The molecule has 1 rings (SSSR count). The number of benzene rings is 1. The number of carbonyl (C=O) groups is 1. The zero-order valence-electron chi connectivity index (χ0n) is 11.1. The lowest BCUT2D eigenvalue weighted by Gasteiger charge is -2.08. The number of nitrogens with zero attached hydrogens (tertiary/aromatic N) is 1. The maximum atomic E-state index is 11.9. The zero-order valence-corrected chi connectivity index (χ0v) is 11.9. The molecule has 0 amide bonds. The Morgan fingerprint density at radius 2 is 1.89 bits per heavy atom. The first-order valence-corrected chi connectivity index (χ1v) is 7.94. The highest BCUT2D eigenvalue weighted by molar-refractivity contribution is 7.92. The van der Waals surface area contributed by atoms with Crippen molar-refractivity contribution in [1.29, 1.82) is 5.26 Å². The van der Waals surface area contributed by atoms with Crippen LogP contribution in [0.15, 0.2) is 24.3 Å². The van der Waals surface area contributed by atoms with Gasteiger partial charge in [-0.05, 0) is 18.1 Å². The van der Waals surface area contributed by atoms with Crippen molar-refractivity contribution in [2.75, 3.05) is 11.5 Å².